The zero-order chi connectivity index (χ0) is 12.1. The highest BCUT2D eigenvalue weighted by atomic mass is 32.1. The normalized spacial score (nSPS) is 14.6. The van der Waals surface area contributed by atoms with Gasteiger partial charge in [-0.3, -0.25) is 0 Å². The van der Waals surface area contributed by atoms with E-state index in [2.05, 4.69) is 10.3 Å². The lowest BCUT2D eigenvalue weighted by atomic mass is 10.3. The summed E-state index contributed by atoms with van der Waals surface area (Å²) in [4.78, 5) is 4.60. The molecule has 1 aromatic rings. The molecular formula is C12H17N3OS. The average molecular weight is 251 g/mol. The SMILES string of the molecule is NC(=S)c1cccc(NCCOCC2CC2)n1. The number of nitrogens with one attached hydrogen (secondary N) is 1. The second kappa shape index (κ2) is 5.93. The number of anilines is 1. The van der Waals surface area contributed by atoms with Gasteiger partial charge in [-0.05, 0) is 30.9 Å². The van der Waals surface area contributed by atoms with Gasteiger partial charge in [-0.1, -0.05) is 18.3 Å². The third-order valence-corrected chi connectivity index (χ3v) is 2.81. The number of thiocarbonyl (C=S) groups is 1. The monoisotopic (exact) mass is 251 g/mol. The first-order chi connectivity index (χ1) is 8.25. The third-order valence-electron chi connectivity index (χ3n) is 2.60. The van der Waals surface area contributed by atoms with Crippen molar-refractivity contribution in [1.82, 2.24) is 4.98 Å². The molecule has 1 aromatic heterocycles. The van der Waals surface area contributed by atoms with Crippen LogP contribution in [0.4, 0.5) is 5.82 Å². The lowest BCUT2D eigenvalue weighted by Gasteiger charge is -2.07. The van der Waals surface area contributed by atoms with Crippen LogP contribution in [0.5, 0.6) is 0 Å². The van der Waals surface area contributed by atoms with Crippen molar-refractivity contribution in [2.45, 2.75) is 12.8 Å². The lowest BCUT2D eigenvalue weighted by Crippen LogP contribution is -2.15. The van der Waals surface area contributed by atoms with E-state index in [1.54, 1.807) is 6.07 Å². The van der Waals surface area contributed by atoms with E-state index in [0.29, 0.717) is 17.3 Å². The summed E-state index contributed by atoms with van der Waals surface area (Å²) in [6, 6.07) is 5.58. The minimum Gasteiger partial charge on any atom is -0.388 e. The van der Waals surface area contributed by atoms with Crippen LogP contribution in [0.3, 0.4) is 0 Å². The molecule has 1 aliphatic rings. The third kappa shape index (κ3) is 4.28. The molecule has 0 aromatic carbocycles. The van der Waals surface area contributed by atoms with Crippen molar-refractivity contribution in [1.29, 1.82) is 0 Å². The van der Waals surface area contributed by atoms with Crippen LogP contribution in [0.15, 0.2) is 18.2 Å². The molecule has 0 spiro atoms. The van der Waals surface area contributed by atoms with Gasteiger partial charge < -0.3 is 15.8 Å². The molecular weight excluding hydrogens is 234 g/mol. The second-order valence-electron chi connectivity index (χ2n) is 4.22. The van der Waals surface area contributed by atoms with Crippen LogP contribution in [0.25, 0.3) is 0 Å². The van der Waals surface area contributed by atoms with Crippen LogP contribution in [0.2, 0.25) is 0 Å². The maximum Gasteiger partial charge on any atom is 0.126 e. The number of ether oxygens (including phenoxy) is 1. The quantitative estimate of drug-likeness (QED) is 0.569. The molecule has 0 aliphatic heterocycles. The van der Waals surface area contributed by atoms with Gasteiger partial charge >= 0.3 is 0 Å². The zero-order valence-electron chi connectivity index (χ0n) is 9.69. The molecule has 0 atom stereocenters. The Bertz CT molecular complexity index is 393. The molecule has 17 heavy (non-hydrogen) atoms. The van der Waals surface area contributed by atoms with Gasteiger partial charge in [0.1, 0.15) is 10.8 Å². The molecule has 3 N–H and O–H groups in total. The number of pyridine rings is 1. The van der Waals surface area contributed by atoms with Crippen molar-refractivity contribution in [2.75, 3.05) is 25.1 Å². The van der Waals surface area contributed by atoms with Crippen LogP contribution < -0.4 is 11.1 Å². The van der Waals surface area contributed by atoms with Gasteiger partial charge in [0, 0.05) is 13.2 Å². The number of aromatic nitrogens is 1. The Hall–Kier alpha value is -1.20. The summed E-state index contributed by atoms with van der Waals surface area (Å²) in [6.07, 6.45) is 2.65. The molecule has 92 valence electrons. The summed E-state index contributed by atoms with van der Waals surface area (Å²) in [5.74, 6) is 1.59. The van der Waals surface area contributed by atoms with E-state index in [9.17, 15) is 0 Å². The van der Waals surface area contributed by atoms with Crippen LogP contribution in [0, 0.1) is 5.92 Å². The number of nitrogens with zero attached hydrogens (tertiary/aromatic N) is 1. The lowest BCUT2D eigenvalue weighted by molar-refractivity contribution is 0.134. The predicted molar refractivity (Wildman–Crippen MR) is 72.2 cm³/mol. The van der Waals surface area contributed by atoms with Gasteiger partial charge in [0.2, 0.25) is 0 Å². The fourth-order valence-corrected chi connectivity index (χ4v) is 1.57. The highest BCUT2D eigenvalue weighted by Gasteiger charge is 2.20. The van der Waals surface area contributed by atoms with E-state index in [0.717, 1.165) is 24.9 Å². The Balaban J connectivity index is 1.70. The average Bonchev–Trinajstić information content (AvgIpc) is 3.13. The standard InChI is InChI=1S/C12H17N3OS/c13-12(17)10-2-1-3-11(15-10)14-6-7-16-8-9-4-5-9/h1-3,9H,4-8H2,(H2,13,17)(H,14,15). The largest absolute Gasteiger partial charge is 0.388 e. The molecule has 5 heteroatoms. The summed E-state index contributed by atoms with van der Waals surface area (Å²) in [7, 11) is 0. The van der Waals surface area contributed by atoms with Crippen molar-refractivity contribution in [3.8, 4) is 0 Å². The number of hydrogen-bond acceptors (Lipinski definition) is 4. The number of nitrogens with two attached hydrogens (primary N) is 1. The van der Waals surface area contributed by atoms with Crippen molar-refractivity contribution in [3.63, 3.8) is 0 Å². The molecule has 1 fully saturated rings. The molecule has 0 amide bonds. The molecule has 1 heterocycles. The van der Waals surface area contributed by atoms with Gasteiger partial charge in [-0.25, -0.2) is 4.98 Å². The predicted octanol–water partition coefficient (Wildman–Crippen LogP) is 1.55. The van der Waals surface area contributed by atoms with Crippen LogP contribution >= 0.6 is 12.2 Å². The van der Waals surface area contributed by atoms with Gasteiger partial charge in [0.25, 0.3) is 0 Å². The first-order valence-corrected chi connectivity index (χ1v) is 6.25. The first kappa shape index (κ1) is 12.3. The minimum atomic E-state index is 0.318. The molecule has 0 saturated heterocycles. The Morgan fingerprint density at radius 3 is 3.06 bits per heavy atom. The molecule has 0 radical (unpaired) electrons. The van der Waals surface area contributed by atoms with Gasteiger partial charge in [0.15, 0.2) is 0 Å². The molecule has 0 bridgehead atoms. The van der Waals surface area contributed by atoms with Crippen molar-refractivity contribution >= 4 is 23.0 Å². The first-order valence-electron chi connectivity index (χ1n) is 5.84. The van der Waals surface area contributed by atoms with Crippen LogP contribution in [-0.2, 0) is 4.74 Å². The minimum absolute atomic E-state index is 0.318. The Morgan fingerprint density at radius 1 is 1.53 bits per heavy atom. The van der Waals surface area contributed by atoms with E-state index >= 15 is 0 Å². The Kier molecular flexibility index (Phi) is 4.28. The highest BCUT2D eigenvalue weighted by Crippen LogP contribution is 2.28. The van der Waals surface area contributed by atoms with E-state index in [-0.39, 0.29) is 0 Å². The number of rotatable bonds is 7. The smallest absolute Gasteiger partial charge is 0.126 e. The zero-order valence-corrected chi connectivity index (χ0v) is 10.5. The van der Waals surface area contributed by atoms with Crippen LogP contribution in [0.1, 0.15) is 18.5 Å². The van der Waals surface area contributed by atoms with Crippen molar-refractivity contribution < 1.29 is 4.74 Å². The summed E-state index contributed by atoms with van der Waals surface area (Å²) in [6.45, 7) is 2.35. The van der Waals surface area contributed by atoms with E-state index in [1.165, 1.54) is 12.8 Å². The maximum atomic E-state index is 5.52. The highest BCUT2D eigenvalue weighted by molar-refractivity contribution is 7.80. The summed E-state index contributed by atoms with van der Waals surface area (Å²) in [5, 5.41) is 3.18. The van der Waals surface area contributed by atoms with E-state index in [4.69, 9.17) is 22.7 Å². The molecule has 1 saturated carbocycles. The van der Waals surface area contributed by atoms with Gasteiger partial charge in [-0.15, -0.1) is 0 Å². The number of hydrogen-bond donors (Lipinski definition) is 2. The Morgan fingerprint density at radius 2 is 2.35 bits per heavy atom. The van der Waals surface area contributed by atoms with Crippen LogP contribution in [-0.4, -0.2) is 29.7 Å². The summed E-state index contributed by atoms with van der Waals surface area (Å²) in [5.41, 5.74) is 6.16. The fraction of sp³-hybridized carbons (Fsp3) is 0.500. The van der Waals surface area contributed by atoms with E-state index < -0.39 is 0 Å². The molecule has 1 aliphatic carbocycles. The second-order valence-corrected chi connectivity index (χ2v) is 4.66. The molecule has 2 rings (SSSR count). The fourth-order valence-electron chi connectivity index (χ4n) is 1.46. The summed E-state index contributed by atoms with van der Waals surface area (Å²) < 4.78 is 5.52. The van der Waals surface area contributed by atoms with E-state index in [1.807, 2.05) is 12.1 Å². The molecule has 0 unspecified atom stereocenters. The summed E-state index contributed by atoms with van der Waals surface area (Å²) >= 11 is 4.87. The van der Waals surface area contributed by atoms with Crippen molar-refractivity contribution in [3.05, 3.63) is 23.9 Å². The maximum absolute atomic E-state index is 5.52. The van der Waals surface area contributed by atoms with Gasteiger partial charge in [0.05, 0.1) is 12.3 Å². The topological polar surface area (TPSA) is 60.2 Å². The van der Waals surface area contributed by atoms with Crippen molar-refractivity contribution in [2.24, 2.45) is 11.7 Å². The Labute approximate surface area is 107 Å². The molecule has 4 nitrogen and oxygen atoms in total. The van der Waals surface area contributed by atoms with Gasteiger partial charge in [-0.2, -0.15) is 0 Å².